The van der Waals surface area contributed by atoms with Gasteiger partial charge in [-0.2, -0.15) is 0 Å². The number of aliphatic hydroxyl groups is 1. The first-order valence-corrected chi connectivity index (χ1v) is 7.61. The Morgan fingerprint density at radius 3 is 2.79 bits per heavy atom. The Morgan fingerprint density at radius 1 is 1.42 bits per heavy atom. The van der Waals surface area contributed by atoms with Crippen LogP contribution in [0.25, 0.3) is 0 Å². The molecule has 106 valence electrons. The fourth-order valence-corrected chi connectivity index (χ4v) is 2.80. The smallest absolute Gasteiger partial charge is 0.233 e. The highest BCUT2D eigenvalue weighted by Gasteiger charge is 2.16. The number of hydrogen-bond donors (Lipinski definition) is 2. The molecule has 4 heteroatoms. The third kappa shape index (κ3) is 5.66. The zero-order valence-electron chi connectivity index (χ0n) is 11.8. The van der Waals surface area contributed by atoms with E-state index in [2.05, 4.69) is 12.2 Å². The Labute approximate surface area is 119 Å². The average Bonchev–Trinajstić information content (AvgIpc) is 2.39. The van der Waals surface area contributed by atoms with Gasteiger partial charge in [-0.1, -0.05) is 25.5 Å². The van der Waals surface area contributed by atoms with Crippen molar-refractivity contribution in [3.63, 3.8) is 0 Å². The first kappa shape index (κ1) is 16.1. The van der Waals surface area contributed by atoms with Crippen molar-refractivity contribution in [2.24, 2.45) is 0 Å². The maximum Gasteiger partial charge on any atom is 0.233 e. The van der Waals surface area contributed by atoms with Crippen LogP contribution in [0, 0.1) is 0 Å². The molecule has 0 heterocycles. The van der Waals surface area contributed by atoms with E-state index in [-0.39, 0.29) is 23.8 Å². The van der Waals surface area contributed by atoms with Crippen molar-refractivity contribution >= 4 is 17.7 Å². The van der Waals surface area contributed by atoms with Gasteiger partial charge in [-0.25, -0.2) is 0 Å². The Morgan fingerprint density at radius 2 is 2.16 bits per heavy atom. The molecule has 0 saturated heterocycles. The summed E-state index contributed by atoms with van der Waals surface area (Å²) in [5.74, 6) is 0.0698. The molecular formula is C15H23NO2S. The number of nitrogens with one attached hydrogen (secondary N) is 1. The van der Waals surface area contributed by atoms with Crippen LogP contribution in [0.1, 0.15) is 39.2 Å². The van der Waals surface area contributed by atoms with Crippen LogP contribution in [0.5, 0.6) is 0 Å². The van der Waals surface area contributed by atoms with E-state index < -0.39 is 0 Å². The second-order valence-corrected chi connectivity index (χ2v) is 6.18. The van der Waals surface area contributed by atoms with Crippen LogP contribution in [0.2, 0.25) is 0 Å². The summed E-state index contributed by atoms with van der Waals surface area (Å²) >= 11 is 1.52. The summed E-state index contributed by atoms with van der Waals surface area (Å²) in [5.41, 5.74) is 0.872. The summed E-state index contributed by atoms with van der Waals surface area (Å²) in [6.07, 6.45) is 2.07. The van der Waals surface area contributed by atoms with Gasteiger partial charge in [-0.15, -0.1) is 11.8 Å². The minimum Gasteiger partial charge on any atom is -0.392 e. The fourth-order valence-electron chi connectivity index (χ4n) is 1.84. The Hall–Kier alpha value is -1.00. The van der Waals surface area contributed by atoms with Crippen LogP contribution in [0.4, 0.5) is 0 Å². The lowest BCUT2D eigenvalue weighted by atomic mass is 10.2. The summed E-state index contributed by atoms with van der Waals surface area (Å²) in [5, 5.41) is 12.0. The third-order valence-corrected chi connectivity index (χ3v) is 3.97. The average molecular weight is 281 g/mol. The van der Waals surface area contributed by atoms with Gasteiger partial charge in [0.1, 0.15) is 0 Å². The van der Waals surface area contributed by atoms with Crippen LogP contribution in [0.3, 0.4) is 0 Å². The van der Waals surface area contributed by atoms with Gasteiger partial charge in [-0.05, 0) is 38.0 Å². The first-order valence-electron chi connectivity index (χ1n) is 6.73. The minimum atomic E-state index is -0.131. The fraction of sp³-hybridized carbons (Fsp3) is 0.533. The summed E-state index contributed by atoms with van der Waals surface area (Å²) in [4.78, 5) is 13.0. The molecule has 0 fully saturated rings. The van der Waals surface area contributed by atoms with Gasteiger partial charge in [0.25, 0.3) is 0 Å². The van der Waals surface area contributed by atoms with Gasteiger partial charge in [0.15, 0.2) is 0 Å². The lowest BCUT2D eigenvalue weighted by Crippen LogP contribution is -2.37. The molecule has 3 nitrogen and oxygen atoms in total. The molecule has 0 aliphatic rings. The zero-order chi connectivity index (χ0) is 14.3. The van der Waals surface area contributed by atoms with E-state index >= 15 is 0 Å². The van der Waals surface area contributed by atoms with E-state index in [4.69, 9.17) is 5.11 Å². The summed E-state index contributed by atoms with van der Waals surface area (Å²) in [6, 6.07) is 7.88. The van der Waals surface area contributed by atoms with E-state index in [1.807, 2.05) is 38.1 Å². The Kier molecular flexibility index (Phi) is 6.95. The molecule has 1 aromatic carbocycles. The molecule has 0 aromatic heterocycles. The molecule has 0 spiro atoms. The lowest BCUT2D eigenvalue weighted by molar-refractivity contribution is -0.120. The molecule has 2 atom stereocenters. The molecule has 0 aliphatic heterocycles. The van der Waals surface area contributed by atoms with Gasteiger partial charge in [-0.3, -0.25) is 4.79 Å². The molecule has 0 bridgehead atoms. The van der Waals surface area contributed by atoms with Crippen LogP contribution >= 0.6 is 11.8 Å². The second kappa shape index (κ2) is 8.23. The number of benzene rings is 1. The minimum absolute atomic E-state index is 0.0303. The molecular weight excluding hydrogens is 258 g/mol. The quantitative estimate of drug-likeness (QED) is 0.755. The first-order chi connectivity index (χ1) is 9.06. The number of carbonyl (C=O) groups excluding carboxylic acids is 1. The largest absolute Gasteiger partial charge is 0.392 e. The van der Waals surface area contributed by atoms with Crippen LogP contribution in [-0.2, 0) is 11.4 Å². The number of amides is 1. The van der Waals surface area contributed by atoms with Gasteiger partial charge in [0.05, 0.1) is 11.9 Å². The number of thioether (sulfide) groups is 1. The van der Waals surface area contributed by atoms with Gasteiger partial charge in [0.2, 0.25) is 5.91 Å². The SMILES string of the molecule is CCCC(C)NC(=O)C(C)Sc1cccc(CO)c1. The Balaban J connectivity index is 2.53. The maximum atomic E-state index is 12.0. The topological polar surface area (TPSA) is 49.3 Å². The van der Waals surface area contributed by atoms with Crippen molar-refractivity contribution in [1.29, 1.82) is 0 Å². The highest BCUT2D eigenvalue weighted by Crippen LogP contribution is 2.24. The summed E-state index contributed by atoms with van der Waals surface area (Å²) < 4.78 is 0. The number of hydrogen-bond acceptors (Lipinski definition) is 3. The maximum absolute atomic E-state index is 12.0. The second-order valence-electron chi connectivity index (χ2n) is 4.76. The van der Waals surface area contributed by atoms with Crippen molar-refractivity contribution in [2.45, 2.75) is 56.4 Å². The third-order valence-electron chi connectivity index (χ3n) is 2.87. The lowest BCUT2D eigenvalue weighted by Gasteiger charge is -2.17. The van der Waals surface area contributed by atoms with E-state index in [0.717, 1.165) is 23.3 Å². The normalized spacial score (nSPS) is 13.9. The van der Waals surface area contributed by atoms with Gasteiger partial charge >= 0.3 is 0 Å². The van der Waals surface area contributed by atoms with E-state index in [9.17, 15) is 4.79 Å². The monoisotopic (exact) mass is 281 g/mol. The van der Waals surface area contributed by atoms with Gasteiger partial charge < -0.3 is 10.4 Å². The van der Waals surface area contributed by atoms with Crippen molar-refractivity contribution in [3.05, 3.63) is 29.8 Å². The predicted molar refractivity (Wildman–Crippen MR) is 80.2 cm³/mol. The molecule has 2 unspecified atom stereocenters. The van der Waals surface area contributed by atoms with Crippen LogP contribution in [0.15, 0.2) is 29.2 Å². The summed E-state index contributed by atoms with van der Waals surface area (Å²) in [6.45, 7) is 6.08. The van der Waals surface area contributed by atoms with Crippen molar-refractivity contribution in [1.82, 2.24) is 5.32 Å². The zero-order valence-corrected chi connectivity index (χ0v) is 12.7. The number of carbonyl (C=O) groups is 1. The molecule has 0 radical (unpaired) electrons. The molecule has 0 saturated carbocycles. The Bertz CT molecular complexity index is 409. The number of aliphatic hydroxyl groups excluding tert-OH is 1. The summed E-state index contributed by atoms with van der Waals surface area (Å²) in [7, 11) is 0. The van der Waals surface area contributed by atoms with Crippen molar-refractivity contribution < 1.29 is 9.90 Å². The van der Waals surface area contributed by atoms with E-state index in [1.165, 1.54) is 11.8 Å². The van der Waals surface area contributed by atoms with Crippen molar-refractivity contribution in [3.8, 4) is 0 Å². The predicted octanol–water partition coefficient (Wildman–Crippen LogP) is 2.96. The molecule has 19 heavy (non-hydrogen) atoms. The van der Waals surface area contributed by atoms with Crippen LogP contribution < -0.4 is 5.32 Å². The molecule has 0 aliphatic carbocycles. The standard InChI is InChI=1S/C15H23NO2S/c1-4-6-11(2)16-15(18)12(3)19-14-8-5-7-13(9-14)10-17/h5,7-9,11-12,17H,4,6,10H2,1-3H3,(H,16,18). The molecule has 1 aromatic rings. The van der Waals surface area contributed by atoms with Crippen molar-refractivity contribution in [2.75, 3.05) is 0 Å². The van der Waals surface area contributed by atoms with Crippen LogP contribution in [-0.4, -0.2) is 22.3 Å². The molecule has 2 N–H and O–H groups in total. The highest BCUT2D eigenvalue weighted by molar-refractivity contribution is 8.00. The number of rotatable bonds is 7. The molecule has 1 rings (SSSR count). The van der Waals surface area contributed by atoms with E-state index in [0.29, 0.717) is 0 Å². The van der Waals surface area contributed by atoms with E-state index in [1.54, 1.807) is 0 Å². The molecule has 1 amide bonds. The highest BCUT2D eigenvalue weighted by atomic mass is 32.2. The van der Waals surface area contributed by atoms with Gasteiger partial charge in [0, 0.05) is 10.9 Å².